The van der Waals surface area contributed by atoms with Gasteiger partial charge >= 0.3 is 0 Å². The van der Waals surface area contributed by atoms with E-state index in [1.54, 1.807) is 11.0 Å². The summed E-state index contributed by atoms with van der Waals surface area (Å²) >= 11 is 0. The average molecular weight is 266 g/mol. The molecule has 3 atom stereocenters. The molecule has 2 rings (SSSR count). The lowest BCUT2D eigenvalue weighted by molar-refractivity contribution is 0.0226. The molecule has 1 N–H and O–H groups in total. The lowest BCUT2D eigenvalue weighted by atomic mass is 9.96. The molecule has 5 nitrogen and oxygen atoms in total. The van der Waals surface area contributed by atoms with Gasteiger partial charge in [0.1, 0.15) is 0 Å². The summed E-state index contributed by atoms with van der Waals surface area (Å²) in [5.41, 5.74) is 0.816. The number of carbonyl (C=O) groups excluding carboxylic acids is 1. The molecule has 1 fully saturated rings. The van der Waals surface area contributed by atoms with Gasteiger partial charge in [-0.1, -0.05) is 25.9 Å². The van der Waals surface area contributed by atoms with Crippen molar-refractivity contribution in [1.29, 1.82) is 0 Å². The van der Waals surface area contributed by atoms with Crippen molar-refractivity contribution in [2.75, 3.05) is 13.1 Å². The molecule has 0 spiro atoms. The van der Waals surface area contributed by atoms with E-state index < -0.39 is 6.10 Å². The molecule has 0 aromatic carbocycles. The van der Waals surface area contributed by atoms with Gasteiger partial charge in [0, 0.05) is 25.1 Å². The Morgan fingerprint density at radius 3 is 3.05 bits per heavy atom. The van der Waals surface area contributed by atoms with Crippen molar-refractivity contribution >= 4 is 5.91 Å². The maximum atomic E-state index is 12.3. The molecule has 1 aromatic rings. The number of nitrogens with zero attached hydrogens (tertiary/aromatic N) is 2. The molecule has 1 amide bonds. The zero-order chi connectivity index (χ0) is 14.0. The van der Waals surface area contributed by atoms with Gasteiger partial charge < -0.3 is 14.5 Å². The van der Waals surface area contributed by atoms with Crippen molar-refractivity contribution in [1.82, 2.24) is 10.1 Å². The predicted octanol–water partition coefficient (Wildman–Crippen LogP) is 2.03. The second-order valence-electron chi connectivity index (χ2n) is 5.51. The third-order valence-electron chi connectivity index (χ3n) is 4.06. The van der Waals surface area contributed by atoms with Gasteiger partial charge in [-0.3, -0.25) is 4.79 Å². The SMILES string of the molecule is CCC(C)c1cc(C(=O)N2CCC(C)C(O)C2)on1. The topological polar surface area (TPSA) is 66.6 Å². The second kappa shape index (κ2) is 5.74. The second-order valence-corrected chi connectivity index (χ2v) is 5.51. The van der Waals surface area contributed by atoms with Gasteiger partial charge in [0.25, 0.3) is 5.91 Å². The van der Waals surface area contributed by atoms with Gasteiger partial charge in [-0.2, -0.15) is 0 Å². The first-order valence-corrected chi connectivity index (χ1v) is 6.96. The Balaban J connectivity index is 2.05. The fraction of sp³-hybridized carbons (Fsp3) is 0.714. The third-order valence-corrected chi connectivity index (χ3v) is 4.06. The van der Waals surface area contributed by atoms with E-state index in [0.29, 0.717) is 13.1 Å². The molecule has 19 heavy (non-hydrogen) atoms. The van der Waals surface area contributed by atoms with Gasteiger partial charge in [-0.25, -0.2) is 0 Å². The molecule has 2 heterocycles. The number of amides is 1. The maximum Gasteiger partial charge on any atom is 0.292 e. The van der Waals surface area contributed by atoms with E-state index in [1.807, 2.05) is 6.92 Å². The zero-order valence-electron chi connectivity index (χ0n) is 11.8. The third kappa shape index (κ3) is 2.97. The summed E-state index contributed by atoms with van der Waals surface area (Å²) in [7, 11) is 0. The first-order chi connectivity index (χ1) is 9.02. The Morgan fingerprint density at radius 1 is 1.68 bits per heavy atom. The summed E-state index contributed by atoms with van der Waals surface area (Å²) < 4.78 is 5.14. The predicted molar refractivity (Wildman–Crippen MR) is 70.9 cm³/mol. The lowest BCUT2D eigenvalue weighted by Crippen LogP contribution is -2.45. The number of β-amino-alcohol motifs (C(OH)–C–C–N with tert-alkyl or cyclic N) is 1. The largest absolute Gasteiger partial charge is 0.391 e. The van der Waals surface area contributed by atoms with Crippen LogP contribution in [0.1, 0.15) is 55.8 Å². The highest BCUT2D eigenvalue weighted by molar-refractivity contribution is 5.91. The fourth-order valence-electron chi connectivity index (χ4n) is 2.22. The number of carbonyl (C=O) groups is 1. The highest BCUT2D eigenvalue weighted by Crippen LogP contribution is 2.22. The molecule has 0 aliphatic carbocycles. The van der Waals surface area contributed by atoms with Crippen LogP contribution in [0.5, 0.6) is 0 Å². The molecule has 106 valence electrons. The van der Waals surface area contributed by atoms with Gasteiger partial charge in [0.05, 0.1) is 11.8 Å². The molecule has 0 bridgehead atoms. The van der Waals surface area contributed by atoms with Crippen LogP contribution in [0.15, 0.2) is 10.6 Å². The number of hydrogen-bond acceptors (Lipinski definition) is 4. The molecule has 5 heteroatoms. The van der Waals surface area contributed by atoms with Gasteiger partial charge in [0.2, 0.25) is 5.76 Å². The number of aliphatic hydroxyl groups excluding tert-OH is 1. The van der Waals surface area contributed by atoms with Crippen LogP contribution >= 0.6 is 0 Å². The van der Waals surface area contributed by atoms with Crippen LogP contribution in [-0.4, -0.2) is 40.3 Å². The van der Waals surface area contributed by atoms with Gasteiger partial charge in [-0.05, 0) is 18.8 Å². The van der Waals surface area contributed by atoms with Crippen LogP contribution in [0, 0.1) is 5.92 Å². The molecule has 1 aromatic heterocycles. The minimum Gasteiger partial charge on any atom is -0.391 e. The van der Waals surface area contributed by atoms with Crippen molar-refractivity contribution < 1.29 is 14.4 Å². The molecule has 1 aliphatic heterocycles. The summed E-state index contributed by atoms with van der Waals surface area (Å²) in [6, 6.07) is 1.72. The number of likely N-dealkylation sites (tertiary alicyclic amines) is 1. The molecule has 3 unspecified atom stereocenters. The molecular formula is C14H22N2O3. The molecule has 1 saturated heterocycles. The van der Waals surface area contributed by atoms with Crippen LogP contribution in [-0.2, 0) is 0 Å². The van der Waals surface area contributed by atoms with Crippen LogP contribution in [0.2, 0.25) is 0 Å². The first kappa shape index (κ1) is 14.1. The summed E-state index contributed by atoms with van der Waals surface area (Å²) in [6.45, 7) is 7.17. The minimum absolute atomic E-state index is 0.173. The van der Waals surface area contributed by atoms with Crippen molar-refractivity contribution in [2.24, 2.45) is 5.92 Å². The lowest BCUT2D eigenvalue weighted by Gasteiger charge is -2.33. The van der Waals surface area contributed by atoms with E-state index in [4.69, 9.17) is 4.52 Å². The van der Waals surface area contributed by atoms with Gasteiger partial charge in [-0.15, -0.1) is 0 Å². The summed E-state index contributed by atoms with van der Waals surface area (Å²) in [4.78, 5) is 13.9. The van der Waals surface area contributed by atoms with Crippen molar-refractivity contribution in [3.8, 4) is 0 Å². The first-order valence-electron chi connectivity index (χ1n) is 6.96. The normalized spacial score (nSPS) is 25.4. The average Bonchev–Trinajstić information content (AvgIpc) is 2.89. The van der Waals surface area contributed by atoms with E-state index in [1.165, 1.54) is 0 Å². The number of hydrogen-bond donors (Lipinski definition) is 1. The quantitative estimate of drug-likeness (QED) is 0.909. The van der Waals surface area contributed by atoms with Crippen LogP contribution < -0.4 is 0 Å². The number of aliphatic hydroxyl groups is 1. The van der Waals surface area contributed by atoms with Gasteiger partial charge in [0.15, 0.2) is 0 Å². The Labute approximate surface area is 113 Å². The van der Waals surface area contributed by atoms with Crippen LogP contribution in [0.25, 0.3) is 0 Å². The molecule has 1 aliphatic rings. The number of aromatic nitrogens is 1. The zero-order valence-corrected chi connectivity index (χ0v) is 11.8. The fourth-order valence-corrected chi connectivity index (χ4v) is 2.22. The highest BCUT2D eigenvalue weighted by atomic mass is 16.5. The Kier molecular flexibility index (Phi) is 4.24. The van der Waals surface area contributed by atoms with Crippen LogP contribution in [0.4, 0.5) is 0 Å². The van der Waals surface area contributed by atoms with E-state index in [9.17, 15) is 9.90 Å². The number of rotatable bonds is 3. The van der Waals surface area contributed by atoms with Crippen molar-refractivity contribution in [2.45, 2.75) is 45.6 Å². The summed E-state index contributed by atoms with van der Waals surface area (Å²) in [5, 5.41) is 13.8. The monoisotopic (exact) mass is 266 g/mol. The number of piperidine rings is 1. The van der Waals surface area contributed by atoms with E-state index >= 15 is 0 Å². The Bertz CT molecular complexity index is 444. The van der Waals surface area contributed by atoms with Crippen molar-refractivity contribution in [3.05, 3.63) is 17.5 Å². The summed E-state index contributed by atoms with van der Waals surface area (Å²) in [6.07, 6.45) is 1.33. The Morgan fingerprint density at radius 2 is 2.42 bits per heavy atom. The van der Waals surface area contributed by atoms with E-state index in [2.05, 4.69) is 19.0 Å². The van der Waals surface area contributed by atoms with Crippen LogP contribution in [0.3, 0.4) is 0 Å². The Hall–Kier alpha value is -1.36. The highest BCUT2D eigenvalue weighted by Gasteiger charge is 2.29. The maximum absolute atomic E-state index is 12.3. The van der Waals surface area contributed by atoms with E-state index in [-0.39, 0.29) is 23.5 Å². The smallest absolute Gasteiger partial charge is 0.292 e. The molecule has 0 radical (unpaired) electrons. The van der Waals surface area contributed by atoms with Crippen molar-refractivity contribution in [3.63, 3.8) is 0 Å². The molecule has 0 saturated carbocycles. The standard InChI is InChI=1S/C14H22N2O3/c1-4-9(2)11-7-13(19-15-11)14(18)16-6-5-10(3)12(17)8-16/h7,9-10,12,17H,4-6,8H2,1-3H3. The minimum atomic E-state index is -0.449. The summed E-state index contributed by atoms with van der Waals surface area (Å²) in [5.74, 6) is 0.636. The molecular weight excluding hydrogens is 244 g/mol. The van der Waals surface area contributed by atoms with E-state index in [0.717, 1.165) is 18.5 Å².